The van der Waals surface area contributed by atoms with Crippen LogP contribution in [0.1, 0.15) is 16.5 Å². The summed E-state index contributed by atoms with van der Waals surface area (Å²) in [6.07, 6.45) is 0.748. The molecule has 0 fully saturated rings. The van der Waals surface area contributed by atoms with E-state index in [9.17, 15) is 4.39 Å². The Labute approximate surface area is 124 Å². The van der Waals surface area contributed by atoms with Crippen molar-refractivity contribution in [3.63, 3.8) is 0 Å². The lowest BCUT2D eigenvalue weighted by Crippen LogP contribution is -2.19. The number of thiophene rings is 1. The van der Waals surface area contributed by atoms with Crippen LogP contribution in [0.2, 0.25) is 0 Å². The Morgan fingerprint density at radius 2 is 2.21 bits per heavy atom. The molecule has 1 atom stereocenters. The van der Waals surface area contributed by atoms with Gasteiger partial charge in [-0.3, -0.25) is 0 Å². The molecular formula is C14H15BrFNOS. The largest absolute Gasteiger partial charge is 0.497 e. The molecule has 2 rings (SSSR count). The third kappa shape index (κ3) is 3.35. The Balaban J connectivity index is 2.24. The molecule has 102 valence electrons. The second kappa shape index (κ2) is 6.50. The van der Waals surface area contributed by atoms with Crippen LogP contribution < -0.4 is 10.1 Å². The monoisotopic (exact) mass is 343 g/mol. The zero-order chi connectivity index (χ0) is 13.8. The van der Waals surface area contributed by atoms with Crippen molar-refractivity contribution in [2.45, 2.75) is 12.5 Å². The predicted octanol–water partition coefficient (Wildman–Crippen LogP) is 4.16. The predicted molar refractivity (Wildman–Crippen MR) is 80.5 cm³/mol. The maximum atomic E-state index is 14.1. The average Bonchev–Trinajstić information content (AvgIpc) is 2.81. The molecule has 0 spiro atoms. The molecule has 0 aliphatic rings. The smallest absolute Gasteiger partial charge is 0.131 e. The molecule has 0 radical (unpaired) electrons. The molecule has 1 heterocycles. The van der Waals surface area contributed by atoms with Gasteiger partial charge in [-0.15, -0.1) is 11.3 Å². The first-order valence-corrected chi connectivity index (χ1v) is 7.55. The van der Waals surface area contributed by atoms with Crippen LogP contribution in [0.15, 0.2) is 34.1 Å². The van der Waals surface area contributed by atoms with Crippen LogP contribution in [-0.2, 0) is 6.42 Å². The van der Waals surface area contributed by atoms with Gasteiger partial charge >= 0.3 is 0 Å². The van der Waals surface area contributed by atoms with Gasteiger partial charge in [0.1, 0.15) is 11.6 Å². The number of hydrogen-bond donors (Lipinski definition) is 1. The number of hydrogen-bond acceptors (Lipinski definition) is 3. The van der Waals surface area contributed by atoms with E-state index in [0.29, 0.717) is 11.3 Å². The number of benzene rings is 1. The van der Waals surface area contributed by atoms with E-state index in [2.05, 4.69) is 21.2 Å². The normalized spacial score (nSPS) is 12.4. The van der Waals surface area contributed by atoms with E-state index in [-0.39, 0.29) is 11.9 Å². The summed E-state index contributed by atoms with van der Waals surface area (Å²) in [5.41, 5.74) is 0.656. The summed E-state index contributed by atoms with van der Waals surface area (Å²) in [7, 11) is 3.38. The second-order valence-corrected chi connectivity index (χ2v) is 5.98. The molecule has 1 aromatic heterocycles. The fourth-order valence-electron chi connectivity index (χ4n) is 1.94. The fourth-order valence-corrected chi connectivity index (χ4v) is 3.50. The molecule has 1 unspecified atom stereocenters. The summed E-state index contributed by atoms with van der Waals surface area (Å²) in [4.78, 5) is 1.20. The van der Waals surface area contributed by atoms with Crippen molar-refractivity contribution in [2.24, 2.45) is 0 Å². The highest BCUT2D eigenvalue weighted by atomic mass is 79.9. The Bertz CT molecular complexity index is 558. The Morgan fingerprint density at radius 3 is 2.74 bits per heavy atom. The van der Waals surface area contributed by atoms with E-state index in [0.717, 1.165) is 10.9 Å². The van der Waals surface area contributed by atoms with Gasteiger partial charge in [-0.2, -0.15) is 0 Å². The molecule has 19 heavy (non-hydrogen) atoms. The van der Waals surface area contributed by atoms with Crippen LogP contribution in [0, 0.1) is 5.82 Å². The molecule has 2 nitrogen and oxygen atoms in total. The zero-order valence-electron chi connectivity index (χ0n) is 10.7. The van der Waals surface area contributed by atoms with Crippen LogP contribution in [0.5, 0.6) is 5.75 Å². The van der Waals surface area contributed by atoms with Crippen molar-refractivity contribution < 1.29 is 9.13 Å². The van der Waals surface area contributed by atoms with Crippen LogP contribution >= 0.6 is 27.3 Å². The van der Waals surface area contributed by atoms with Gasteiger partial charge in [0.25, 0.3) is 0 Å². The molecule has 0 bridgehead atoms. The molecule has 0 aliphatic carbocycles. The lowest BCUT2D eigenvalue weighted by molar-refractivity contribution is 0.409. The van der Waals surface area contributed by atoms with Crippen LogP contribution in [0.3, 0.4) is 0 Å². The molecule has 0 aliphatic heterocycles. The lowest BCUT2D eigenvalue weighted by Gasteiger charge is -2.17. The summed E-state index contributed by atoms with van der Waals surface area (Å²) in [6.45, 7) is 0. The van der Waals surface area contributed by atoms with Crippen LogP contribution in [0.4, 0.5) is 4.39 Å². The van der Waals surface area contributed by atoms with Crippen LogP contribution in [-0.4, -0.2) is 14.2 Å². The standard InChI is InChI=1S/C14H15BrFNOS/c1-17-13(8-14-11(15)5-6-19-14)10-4-3-9(18-2)7-12(10)16/h3-7,13,17H,8H2,1-2H3. The highest BCUT2D eigenvalue weighted by Gasteiger charge is 2.17. The van der Waals surface area contributed by atoms with Gasteiger partial charge in [-0.25, -0.2) is 4.39 Å². The molecule has 0 saturated heterocycles. The third-order valence-corrected chi connectivity index (χ3v) is 4.96. The van der Waals surface area contributed by atoms with E-state index in [1.807, 2.05) is 18.5 Å². The highest BCUT2D eigenvalue weighted by molar-refractivity contribution is 9.10. The maximum Gasteiger partial charge on any atom is 0.131 e. The lowest BCUT2D eigenvalue weighted by atomic mass is 10.0. The Kier molecular flexibility index (Phi) is 4.96. The van der Waals surface area contributed by atoms with Crippen molar-refractivity contribution in [1.29, 1.82) is 0 Å². The van der Waals surface area contributed by atoms with Crippen LogP contribution in [0.25, 0.3) is 0 Å². The second-order valence-electron chi connectivity index (χ2n) is 4.12. The molecule has 5 heteroatoms. The minimum atomic E-state index is -0.244. The van der Waals surface area contributed by atoms with E-state index < -0.39 is 0 Å². The van der Waals surface area contributed by atoms with Gasteiger partial charge in [0.2, 0.25) is 0 Å². The summed E-state index contributed by atoms with van der Waals surface area (Å²) in [5.74, 6) is 0.291. The van der Waals surface area contributed by atoms with Gasteiger partial charge in [-0.1, -0.05) is 6.07 Å². The van der Waals surface area contributed by atoms with E-state index in [1.165, 1.54) is 18.1 Å². The van der Waals surface area contributed by atoms with Crippen molar-refractivity contribution in [2.75, 3.05) is 14.2 Å². The summed E-state index contributed by atoms with van der Waals surface area (Å²) >= 11 is 5.17. The number of likely N-dealkylation sites (N-methyl/N-ethyl adjacent to an activating group) is 1. The van der Waals surface area contributed by atoms with E-state index >= 15 is 0 Å². The number of rotatable bonds is 5. The number of halogens is 2. The number of ether oxygens (including phenoxy) is 1. The zero-order valence-corrected chi connectivity index (χ0v) is 13.1. The van der Waals surface area contributed by atoms with E-state index in [1.54, 1.807) is 23.5 Å². The Morgan fingerprint density at radius 1 is 1.42 bits per heavy atom. The molecule has 1 aromatic carbocycles. The van der Waals surface area contributed by atoms with Gasteiger partial charge < -0.3 is 10.1 Å². The van der Waals surface area contributed by atoms with Gasteiger partial charge in [0, 0.05) is 33.4 Å². The maximum absolute atomic E-state index is 14.1. The van der Waals surface area contributed by atoms with Crippen molar-refractivity contribution in [3.05, 3.63) is 50.4 Å². The molecule has 1 N–H and O–H groups in total. The summed E-state index contributed by atoms with van der Waals surface area (Å²) in [5, 5.41) is 5.19. The SMILES string of the molecule is CNC(Cc1sccc1Br)c1ccc(OC)cc1F. The van der Waals surface area contributed by atoms with E-state index in [4.69, 9.17) is 4.74 Å². The first-order valence-electron chi connectivity index (χ1n) is 5.88. The minimum Gasteiger partial charge on any atom is -0.497 e. The average molecular weight is 344 g/mol. The van der Waals surface area contributed by atoms with Crippen molar-refractivity contribution in [1.82, 2.24) is 5.32 Å². The summed E-state index contributed by atoms with van der Waals surface area (Å²) in [6, 6.07) is 6.93. The van der Waals surface area contributed by atoms with Crippen molar-refractivity contribution in [3.8, 4) is 5.75 Å². The topological polar surface area (TPSA) is 21.3 Å². The van der Waals surface area contributed by atoms with Gasteiger partial charge in [-0.05, 0) is 40.5 Å². The minimum absolute atomic E-state index is 0.0548. The quantitative estimate of drug-likeness (QED) is 0.879. The third-order valence-electron chi connectivity index (χ3n) is 3.01. The Hall–Kier alpha value is -0.910. The van der Waals surface area contributed by atoms with Gasteiger partial charge in [0.15, 0.2) is 0 Å². The molecule has 0 amide bonds. The highest BCUT2D eigenvalue weighted by Crippen LogP contribution is 2.30. The molecule has 2 aromatic rings. The number of nitrogens with one attached hydrogen (secondary N) is 1. The number of methoxy groups -OCH3 is 1. The summed E-state index contributed by atoms with van der Waals surface area (Å²) < 4.78 is 20.2. The first-order chi connectivity index (χ1) is 9.15. The van der Waals surface area contributed by atoms with Gasteiger partial charge in [0.05, 0.1) is 7.11 Å². The fraction of sp³-hybridized carbons (Fsp3) is 0.286. The first kappa shape index (κ1) is 14.5. The molecule has 0 saturated carbocycles. The van der Waals surface area contributed by atoms with Crippen molar-refractivity contribution >= 4 is 27.3 Å². The molecular weight excluding hydrogens is 329 g/mol.